The molecule has 6 heteroatoms. The highest BCUT2D eigenvalue weighted by molar-refractivity contribution is 7.10. The molecule has 114 valence electrons. The summed E-state index contributed by atoms with van der Waals surface area (Å²) >= 11 is 1.57. The van der Waals surface area contributed by atoms with Crippen LogP contribution in [0.3, 0.4) is 0 Å². The number of thiophene rings is 1. The molecule has 2 nitrogen and oxygen atoms in total. The summed E-state index contributed by atoms with van der Waals surface area (Å²) in [7, 11) is 1.76. The monoisotopic (exact) mass is 315 g/mol. The van der Waals surface area contributed by atoms with Crippen molar-refractivity contribution < 1.29 is 18.3 Å². The zero-order chi connectivity index (χ0) is 15.6. The summed E-state index contributed by atoms with van der Waals surface area (Å²) < 4.78 is 39.1. The van der Waals surface area contributed by atoms with Crippen molar-refractivity contribution in [2.75, 3.05) is 11.9 Å². The number of benzene rings is 1. The number of rotatable bonds is 4. The average Bonchev–Trinajstić information content (AvgIpc) is 2.98. The Morgan fingerprint density at radius 1 is 1.29 bits per heavy atom. The van der Waals surface area contributed by atoms with E-state index in [9.17, 15) is 13.2 Å². The van der Waals surface area contributed by atoms with Crippen LogP contribution in [-0.4, -0.2) is 12.2 Å². The van der Waals surface area contributed by atoms with Gasteiger partial charge in [0.25, 0.3) is 0 Å². The van der Waals surface area contributed by atoms with E-state index in [0.29, 0.717) is 5.69 Å². The third-order valence-corrected chi connectivity index (χ3v) is 4.55. The van der Waals surface area contributed by atoms with Crippen molar-refractivity contribution >= 4 is 17.0 Å². The molecule has 0 saturated heterocycles. The van der Waals surface area contributed by atoms with Gasteiger partial charge in [-0.05, 0) is 36.1 Å². The van der Waals surface area contributed by atoms with Crippen LogP contribution in [0, 0.1) is 0 Å². The van der Waals surface area contributed by atoms with Gasteiger partial charge in [-0.3, -0.25) is 0 Å². The predicted octanol–water partition coefficient (Wildman–Crippen LogP) is 4.46. The van der Waals surface area contributed by atoms with E-state index in [1.165, 1.54) is 6.07 Å². The Bertz CT molecular complexity index is 595. The van der Waals surface area contributed by atoms with Crippen molar-refractivity contribution in [3.05, 3.63) is 51.7 Å². The fourth-order valence-electron chi connectivity index (χ4n) is 2.13. The van der Waals surface area contributed by atoms with Gasteiger partial charge in [0.15, 0.2) is 0 Å². The Morgan fingerprint density at radius 2 is 2.00 bits per heavy atom. The highest BCUT2D eigenvalue weighted by Crippen LogP contribution is 2.36. The molecule has 0 amide bonds. The summed E-state index contributed by atoms with van der Waals surface area (Å²) in [6.07, 6.45) is -4.47. The minimum absolute atomic E-state index is 0.0222. The van der Waals surface area contributed by atoms with Gasteiger partial charge in [-0.1, -0.05) is 12.1 Å². The molecule has 0 radical (unpaired) electrons. The van der Waals surface area contributed by atoms with Gasteiger partial charge in [-0.15, -0.1) is 11.3 Å². The first-order valence-electron chi connectivity index (χ1n) is 6.41. The predicted molar refractivity (Wildman–Crippen MR) is 78.5 cm³/mol. The van der Waals surface area contributed by atoms with E-state index in [4.69, 9.17) is 5.11 Å². The summed E-state index contributed by atoms with van der Waals surface area (Å²) in [5, 5.41) is 11.0. The summed E-state index contributed by atoms with van der Waals surface area (Å²) in [6.45, 7) is 1.32. The first-order valence-corrected chi connectivity index (χ1v) is 7.29. The molecule has 0 bridgehead atoms. The number of aliphatic hydroxyl groups excluding tert-OH is 1. The van der Waals surface area contributed by atoms with Crippen molar-refractivity contribution in [3.8, 4) is 0 Å². The van der Waals surface area contributed by atoms with Gasteiger partial charge in [0.2, 0.25) is 0 Å². The number of hydrogen-bond acceptors (Lipinski definition) is 3. The molecule has 21 heavy (non-hydrogen) atoms. The molecular formula is C15H16F3NOS. The van der Waals surface area contributed by atoms with Crippen LogP contribution in [0.25, 0.3) is 0 Å². The number of hydrogen-bond donors (Lipinski definition) is 1. The van der Waals surface area contributed by atoms with E-state index < -0.39 is 18.3 Å². The Kier molecular flexibility index (Phi) is 4.58. The Labute approximate surface area is 125 Å². The molecular weight excluding hydrogens is 299 g/mol. The second kappa shape index (κ2) is 6.07. The van der Waals surface area contributed by atoms with Gasteiger partial charge in [0.1, 0.15) is 0 Å². The number of halogens is 3. The Hall–Kier alpha value is -1.53. The highest BCUT2D eigenvalue weighted by atomic mass is 32.1. The van der Waals surface area contributed by atoms with Crippen molar-refractivity contribution in [2.24, 2.45) is 0 Å². The van der Waals surface area contributed by atoms with Gasteiger partial charge in [-0.2, -0.15) is 13.2 Å². The molecule has 1 aromatic heterocycles. The van der Waals surface area contributed by atoms with Crippen LogP contribution in [0.5, 0.6) is 0 Å². The van der Waals surface area contributed by atoms with Gasteiger partial charge < -0.3 is 10.0 Å². The maximum atomic E-state index is 13.0. The summed E-state index contributed by atoms with van der Waals surface area (Å²) in [5.74, 6) is 0. The van der Waals surface area contributed by atoms with Gasteiger partial charge in [0, 0.05) is 17.6 Å². The fourth-order valence-corrected chi connectivity index (χ4v) is 2.96. The van der Waals surface area contributed by atoms with Gasteiger partial charge in [0.05, 0.1) is 18.2 Å². The Balaban J connectivity index is 2.36. The summed E-state index contributed by atoms with van der Waals surface area (Å²) in [5.41, 5.74) is -0.420. The first kappa shape index (κ1) is 15.9. The van der Waals surface area contributed by atoms with Crippen molar-refractivity contribution in [2.45, 2.75) is 25.7 Å². The zero-order valence-corrected chi connectivity index (χ0v) is 12.5. The molecule has 0 aliphatic carbocycles. The lowest BCUT2D eigenvalue weighted by Crippen LogP contribution is -2.22. The van der Waals surface area contributed by atoms with Crippen molar-refractivity contribution in [3.63, 3.8) is 0 Å². The molecule has 0 saturated carbocycles. The minimum Gasteiger partial charge on any atom is -0.392 e. The molecule has 2 rings (SSSR count). The van der Waals surface area contributed by atoms with Gasteiger partial charge >= 0.3 is 6.18 Å². The van der Waals surface area contributed by atoms with E-state index in [1.54, 1.807) is 29.4 Å². The molecule has 0 fully saturated rings. The number of aliphatic hydroxyl groups is 1. The zero-order valence-electron chi connectivity index (χ0n) is 11.7. The van der Waals surface area contributed by atoms with Crippen LogP contribution in [0.15, 0.2) is 35.7 Å². The Morgan fingerprint density at radius 3 is 2.52 bits per heavy atom. The van der Waals surface area contributed by atoms with Crippen LogP contribution in [0.4, 0.5) is 18.9 Å². The van der Waals surface area contributed by atoms with Crippen LogP contribution >= 0.6 is 11.3 Å². The van der Waals surface area contributed by atoms with E-state index in [0.717, 1.165) is 10.9 Å². The second-order valence-electron chi connectivity index (χ2n) is 4.80. The van der Waals surface area contributed by atoms with Crippen LogP contribution in [0.2, 0.25) is 0 Å². The maximum absolute atomic E-state index is 13.0. The quantitative estimate of drug-likeness (QED) is 0.900. The molecule has 0 spiro atoms. The lowest BCUT2D eigenvalue weighted by Gasteiger charge is -2.27. The van der Waals surface area contributed by atoms with E-state index in [1.807, 2.05) is 24.4 Å². The second-order valence-corrected chi connectivity index (χ2v) is 5.78. The number of alkyl halides is 3. The summed E-state index contributed by atoms with van der Waals surface area (Å²) in [4.78, 5) is 2.87. The molecule has 1 atom stereocenters. The third kappa shape index (κ3) is 3.39. The lowest BCUT2D eigenvalue weighted by atomic mass is 10.1. The molecule has 0 aliphatic rings. The largest absolute Gasteiger partial charge is 0.416 e. The lowest BCUT2D eigenvalue weighted by molar-refractivity contribution is -0.138. The third-order valence-electron chi connectivity index (χ3n) is 3.51. The molecule has 1 aromatic carbocycles. The van der Waals surface area contributed by atoms with E-state index in [-0.39, 0.29) is 11.6 Å². The van der Waals surface area contributed by atoms with E-state index >= 15 is 0 Å². The number of nitrogens with zero attached hydrogens (tertiary/aromatic N) is 1. The molecule has 1 unspecified atom stereocenters. The topological polar surface area (TPSA) is 23.5 Å². The van der Waals surface area contributed by atoms with Crippen molar-refractivity contribution in [1.82, 2.24) is 0 Å². The highest BCUT2D eigenvalue weighted by Gasteiger charge is 2.33. The maximum Gasteiger partial charge on any atom is 0.416 e. The summed E-state index contributed by atoms with van der Waals surface area (Å²) in [6, 6.07) is 7.88. The molecule has 2 aromatic rings. The molecule has 0 aliphatic heterocycles. The smallest absolute Gasteiger partial charge is 0.392 e. The average molecular weight is 315 g/mol. The van der Waals surface area contributed by atoms with Crippen LogP contribution in [0.1, 0.15) is 29.0 Å². The molecule has 1 N–H and O–H groups in total. The van der Waals surface area contributed by atoms with Gasteiger partial charge in [-0.25, -0.2) is 0 Å². The minimum atomic E-state index is -4.47. The fraction of sp³-hybridized carbons (Fsp3) is 0.333. The van der Waals surface area contributed by atoms with Crippen LogP contribution < -0.4 is 4.90 Å². The van der Waals surface area contributed by atoms with Crippen LogP contribution in [-0.2, 0) is 12.8 Å². The number of anilines is 1. The SMILES string of the molecule is CC(c1cccs1)N(C)c1ccc(CO)c(C(F)(F)F)c1. The van der Waals surface area contributed by atoms with Crippen molar-refractivity contribution in [1.29, 1.82) is 0 Å². The first-order chi connectivity index (χ1) is 9.84. The standard InChI is InChI=1S/C15H16F3NOS/c1-10(14-4-3-7-21-14)19(2)12-6-5-11(9-20)13(8-12)15(16,17)18/h3-8,10,20H,9H2,1-2H3. The van der Waals surface area contributed by atoms with E-state index in [2.05, 4.69) is 0 Å². The molecule has 1 heterocycles. The normalized spacial score (nSPS) is 13.2.